The first kappa shape index (κ1) is 13.8. The molecule has 4 heteroatoms. The fourth-order valence-electron chi connectivity index (χ4n) is 2.60. The smallest absolute Gasteiger partial charge is 0.241 e. The molecule has 0 aliphatic carbocycles. The first-order valence-corrected chi connectivity index (χ1v) is 7.18. The molecule has 0 radical (unpaired) electrons. The molecule has 0 aromatic heterocycles. The van der Waals surface area contributed by atoms with Crippen molar-refractivity contribution in [1.82, 2.24) is 5.32 Å². The Morgan fingerprint density at radius 2 is 1.86 bits per heavy atom. The van der Waals surface area contributed by atoms with Gasteiger partial charge in [0.2, 0.25) is 5.91 Å². The van der Waals surface area contributed by atoms with Crippen LogP contribution in [0.2, 0.25) is 0 Å². The minimum absolute atomic E-state index is 0.0202. The van der Waals surface area contributed by atoms with Crippen LogP contribution in [0, 0.1) is 0 Å². The van der Waals surface area contributed by atoms with Gasteiger partial charge in [0.05, 0.1) is 6.04 Å². The highest BCUT2D eigenvalue weighted by Gasteiger charge is 2.27. The Hall–Kier alpha value is -2.17. The SMILES string of the molecule is N[C@@H]1CN[C@H](C(=O)Nc2cccc(-c3ccccc3)c2)C1. The first-order valence-electron chi connectivity index (χ1n) is 7.18. The van der Waals surface area contributed by atoms with Crippen LogP contribution in [0.4, 0.5) is 5.69 Å². The van der Waals surface area contributed by atoms with E-state index in [0.717, 1.165) is 16.8 Å². The molecule has 0 spiro atoms. The van der Waals surface area contributed by atoms with Gasteiger partial charge < -0.3 is 16.4 Å². The van der Waals surface area contributed by atoms with Gasteiger partial charge >= 0.3 is 0 Å². The topological polar surface area (TPSA) is 67.1 Å². The Morgan fingerprint density at radius 1 is 1.10 bits per heavy atom. The third-order valence-electron chi connectivity index (χ3n) is 3.72. The van der Waals surface area contributed by atoms with Gasteiger partial charge in [0.1, 0.15) is 0 Å². The summed E-state index contributed by atoms with van der Waals surface area (Å²) in [7, 11) is 0. The van der Waals surface area contributed by atoms with Gasteiger partial charge in [0.15, 0.2) is 0 Å². The van der Waals surface area contributed by atoms with Gasteiger partial charge in [-0.2, -0.15) is 0 Å². The summed E-state index contributed by atoms with van der Waals surface area (Å²) >= 11 is 0. The predicted octanol–water partition coefficient (Wildman–Crippen LogP) is 1.98. The highest BCUT2D eigenvalue weighted by atomic mass is 16.2. The maximum atomic E-state index is 12.2. The summed E-state index contributed by atoms with van der Waals surface area (Å²) < 4.78 is 0. The van der Waals surface area contributed by atoms with Gasteiger partial charge in [-0.3, -0.25) is 4.79 Å². The minimum Gasteiger partial charge on any atom is -0.326 e. The summed E-state index contributed by atoms with van der Waals surface area (Å²) in [5.74, 6) is -0.0202. The van der Waals surface area contributed by atoms with Crippen LogP contribution in [0.1, 0.15) is 6.42 Å². The third kappa shape index (κ3) is 3.29. The molecule has 108 valence electrons. The number of nitrogens with two attached hydrogens (primary N) is 1. The van der Waals surface area contributed by atoms with E-state index in [4.69, 9.17) is 5.73 Å². The Bertz CT molecular complexity index is 627. The third-order valence-corrected chi connectivity index (χ3v) is 3.72. The zero-order valence-electron chi connectivity index (χ0n) is 11.8. The molecule has 0 unspecified atom stereocenters. The van der Waals surface area contributed by atoms with Crippen molar-refractivity contribution in [2.45, 2.75) is 18.5 Å². The zero-order valence-corrected chi connectivity index (χ0v) is 11.8. The van der Waals surface area contributed by atoms with Crippen molar-refractivity contribution in [1.29, 1.82) is 0 Å². The van der Waals surface area contributed by atoms with Crippen LogP contribution in [0.5, 0.6) is 0 Å². The van der Waals surface area contributed by atoms with Crippen molar-refractivity contribution in [2.75, 3.05) is 11.9 Å². The van der Waals surface area contributed by atoms with Crippen molar-refractivity contribution in [3.05, 3.63) is 54.6 Å². The van der Waals surface area contributed by atoms with Gasteiger partial charge in [0.25, 0.3) is 0 Å². The highest BCUT2D eigenvalue weighted by molar-refractivity contribution is 5.95. The lowest BCUT2D eigenvalue weighted by atomic mass is 10.1. The van der Waals surface area contributed by atoms with E-state index in [1.54, 1.807) is 0 Å². The Morgan fingerprint density at radius 3 is 2.57 bits per heavy atom. The zero-order chi connectivity index (χ0) is 14.7. The Kier molecular flexibility index (Phi) is 3.99. The van der Waals surface area contributed by atoms with Crippen molar-refractivity contribution >= 4 is 11.6 Å². The van der Waals surface area contributed by atoms with Gasteiger partial charge in [-0.25, -0.2) is 0 Å². The van der Waals surface area contributed by atoms with Gasteiger partial charge in [0, 0.05) is 18.3 Å². The number of benzene rings is 2. The van der Waals surface area contributed by atoms with Crippen LogP contribution in [0.25, 0.3) is 11.1 Å². The van der Waals surface area contributed by atoms with E-state index in [2.05, 4.69) is 22.8 Å². The van der Waals surface area contributed by atoms with Crippen molar-refractivity contribution < 1.29 is 4.79 Å². The van der Waals surface area contributed by atoms with Crippen molar-refractivity contribution in [2.24, 2.45) is 5.73 Å². The standard InChI is InChI=1S/C17H19N3O/c18-14-10-16(19-11-14)17(21)20-15-8-4-7-13(9-15)12-5-2-1-3-6-12/h1-9,14,16,19H,10-11,18H2,(H,20,21)/t14-,16-/m0/s1. The summed E-state index contributed by atoms with van der Waals surface area (Å²) in [6.07, 6.45) is 0.685. The average molecular weight is 281 g/mol. The van der Waals surface area contributed by atoms with E-state index in [0.29, 0.717) is 13.0 Å². The second-order valence-corrected chi connectivity index (χ2v) is 5.39. The molecule has 0 bridgehead atoms. The maximum Gasteiger partial charge on any atom is 0.241 e. The lowest BCUT2D eigenvalue weighted by Gasteiger charge is -2.12. The maximum absolute atomic E-state index is 12.2. The van der Waals surface area contributed by atoms with Gasteiger partial charge in [-0.1, -0.05) is 42.5 Å². The second-order valence-electron chi connectivity index (χ2n) is 5.39. The number of hydrogen-bond donors (Lipinski definition) is 3. The lowest BCUT2D eigenvalue weighted by Crippen LogP contribution is -2.35. The summed E-state index contributed by atoms with van der Waals surface area (Å²) in [6, 6.07) is 17.9. The molecule has 1 heterocycles. The molecule has 21 heavy (non-hydrogen) atoms. The minimum atomic E-state index is -0.194. The molecule has 0 saturated carbocycles. The van der Waals surface area contributed by atoms with Crippen LogP contribution in [-0.2, 0) is 4.79 Å². The van der Waals surface area contributed by atoms with Crippen LogP contribution in [0.15, 0.2) is 54.6 Å². The lowest BCUT2D eigenvalue weighted by molar-refractivity contribution is -0.117. The number of hydrogen-bond acceptors (Lipinski definition) is 3. The van der Waals surface area contributed by atoms with Crippen molar-refractivity contribution in [3.63, 3.8) is 0 Å². The molecular weight excluding hydrogens is 262 g/mol. The number of rotatable bonds is 3. The summed E-state index contributed by atoms with van der Waals surface area (Å²) in [6.45, 7) is 0.697. The van der Waals surface area contributed by atoms with Crippen LogP contribution in [-0.4, -0.2) is 24.5 Å². The first-order chi connectivity index (χ1) is 10.2. The Labute approximate surface area is 124 Å². The van der Waals surface area contributed by atoms with Crippen LogP contribution < -0.4 is 16.4 Å². The monoisotopic (exact) mass is 281 g/mol. The molecule has 2 atom stereocenters. The molecule has 1 aliphatic heterocycles. The largest absolute Gasteiger partial charge is 0.326 e. The fourth-order valence-corrected chi connectivity index (χ4v) is 2.60. The van der Waals surface area contributed by atoms with E-state index in [1.807, 2.05) is 42.5 Å². The second kappa shape index (κ2) is 6.08. The molecule has 3 rings (SSSR count). The number of nitrogens with one attached hydrogen (secondary N) is 2. The Balaban J connectivity index is 1.73. The number of amides is 1. The number of carbonyl (C=O) groups excluding carboxylic acids is 1. The summed E-state index contributed by atoms with van der Waals surface area (Å²) in [4.78, 5) is 12.2. The van der Waals surface area contributed by atoms with E-state index in [-0.39, 0.29) is 18.0 Å². The fraction of sp³-hybridized carbons (Fsp3) is 0.235. The molecule has 1 amide bonds. The molecule has 4 nitrogen and oxygen atoms in total. The quantitative estimate of drug-likeness (QED) is 0.806. The molecular formula is C17H19N3O. The van der Waals surface area contributed by atoms with Crippen LogP contribution >= 0.6 is 0 Å². The highest BCUT2D eigenvalue weighted by Crippen LogP contribution is 2.22. The summed E-state index contributed by atoms with van der Waals surface area (Å²) in [5.41, 5.74) is 8.84. The predicted molar refractivity (Wildman–Crippen MR) is 84.9 cm³/mol. The number of carbonyl (C=O) groups is 1. The van der Waals surface area contributed by atoms with Gasteiger partial charge in [-0.15, -0.1) is 0 Å². The van der Waals surface area contributed by atoms with E-state index < -0.39 is 0 Å². The number of anilines is 1. The molecule has 2 aromatic carbocycles. The molecule has 1 saturated heterocycles. The van der Waals surface area contributed by atoms with E-state index in [1.165, 1.54) is 0 Å². The molecule has 1 fully saturated rings. The summed E-state index contributed by atoms with van der Waals surface area (Å²) in [5, 5.41) is 6.09. The molecule has 1 aliphatic rings. The van der Waals surface area contributed by atoms with Crippen LogP contribution in [0.3, 0.4) is 0 Å². The average Bonchev–Trinajstić information content (AvgIpc) is 2.95. The molecule has 2 aromatic rings. The molecule has 4 N–H and O–H groups in total. The van der Waals surface area contributed by atoms with E-state index in [9.17, 15) is 4.79 Å². The van der Waals surface area contributed by atoms with Crippen molar-refractivity contribution in [3.8, 4) is 11.1 Å². The van der Waals surface area contributed by atoms with Gasteiger partial charge in [-0.05, 0) is 29.7 Å². The normalized spacial score (nSPS) is 21.2. The van der Waals surface area contributed by atoms with E-state index >= 15 is 0 Å².